The lowest BCUT2D eigenvalue weighted by Gasteiger charge is -2.33. The molecule has 1 aliphatic rings. The van der Waals surface area contributed by atoms with Crippen LogP contribution in [0.3, 0.4) is 0 Å². The molecule has 29 heavy (non-hydrogen) atoms. The Balaban J connectivity index is 1.64. The van der Waals surface area contributed by atoms with Crippen molar-refractivity contribution in [1.82, 2.24) is 15.1 Å². The van der Waals surface area contributed by atoms with Crippen LogP contribution in [0.15, 0.2) is 24.3 Å². The van der Waals surface area contributed by atoms with Crippen molar-refractivity contribution < 1.29 is 9.59 Å². The van der Waals surface area contributed by atoms with Gasteiger partial charge in [-0.25, -0.2) is 0 Å². The minimum atomic E-state index is -0.187. The maximum absolute atomic E-state index is 12.2. The number of hydrogen-bond donors (Lipinski definition) is 2. The second kappa shape index (κ2) is 12.6. The molecule has 1 heterocycles. The third-order valence-corrected chi connectivity index (χ3v) is 5.66. The lowest BCUT2D eigenvalue weighted by atomic mass is 9.96. The van der Waals surface area contributed by atoms with Gasteiger partial charge in [0.2, 0.25) is 11.8 Å². The van der Waals surface area contributed by atoms with Gasteiger partial charge in [-0.1, -0.05) is 38.5 Å². The van der Waals surface area contributed by atoms with Gasteiger partial charge in [0.15, 0.2) is 0 Å². The first-order valence-corrected chi connectivity index (χ1v) is 11.1. The van der Waals surface area contributed by atoms with Crippen molar-refractivity contribution in [3.05, 3.63) is 29.8 Å². The Hall–Kier alpha value is -1.92. The number of piperidine rings is 1. The van der Waals surface area contributed by atoms with E-state index >= 15 is 0 Å². The second-order valence-corrected chi connectivity index (χ2v) is 8.17. The molecule has 0 atom stereocenters. The minimum Gasteiger partial charge on any atom is -0.346 e. The molecule has 0 bridgehead atoms. The van der Waals surface area contributed by atoms with E-state index in [1.165, 1.54) is 19.4 Å². The van der Waals surface area contributed by atoms with Gasteiger partial charge in [0, 0.05) is 12.2 Å². The largest absolute Gasteiger partial charge is 0.346 e. The van der Waals surface area contributed by atoms with Crippen LogP contribution in [0.1, 0.15) is 45.1 Å². The number of carbonyl (C=O) groups excluding carboxylic acids is 2. The molecule has 1 saturated heterocycles. The summed E-state index contributed by atoms with van der Waals surface area (Å²) in [6, 6.07) is 7.75. The number of rotatable bonds is 11. The van der Waals surface area contributed by atoms with E-state index in [0.29, 0.717) is 6.54 Å². The highest BCUT2D eigenvalue weighted by atomic mass is 16.2. The van der Waals surface area contributed by atoms with Gasteiger partial charge in [-0.2, -0.15) is 0 Å². The normalized spacial score (nSPS) is 15.4. The van der Waals surface area contributed by atoms with Gasteiger partial charge < -0.3 is 15.5 Å². The van der Waals surface area contributed by atoms with Crippen LogP contribution in [0.25, 0.3) is 0 Å². The summed E-state index contributed by atoms with van der Waals surface area (Å²) in [6.45, 7) is 8.89. The summed E-state index contributed by atoms with van der Waals surface area (Å²) < 4.78 is 0. The molecule has 1 aliphatic heterocycles. The van der Waals surface area contributed by atoms with E-state index in [0.717, 1.165) is 56.1 Å². The summed E-state index contributed by atoms with van der Waals surface area (Å²) in [5, 5.41) is 5.64. The zero-order valence-electron chi connectivity index (χ0n) is 18.4. The van der Waals surface area contributed by atoms with Crippen LogP contribution in [0, 0.1) is 5.92 Å². The Kier molecular flexibility index (Phi) is 10.2. The van der Waals surface area contributed by atoms with Gasteiger partial charge in [0.05, 0.1) is 13.1 Å². The van der Waals surface area contributed by atoms with Crippen LogP contribution in [0.5, 0.6) is 0 Å². The molecule has 6 nitrogen and oxygen atoms in total. The molecule has 1 fully saturated rings. The van der Waals surface area contributed by atoms with Crippen molar-refractivity contribution in [2.45, 2.75) is 46.0 Å². The molecule has 1 aromatic carbocycles. The quantitative estimate of drug-likeness (QED) is 0.597. The van der Waals surface area contributed by atoms with Crippen molar-refractivity contribution >= 4 is 17.5 Å². The molecule has 0 unspecified atom stereocenters. The fraction of sp³-hybridized carbons (Fsp3) is 0.652. The van der Waals surface area contributed by atoms with Gasteiger partial charge in [0.1, 0.15) is 0 Å². The summed E-state index contributed by atoms with van der Waals surface area (Å²) in [6.07, 6.45) is 5.62. The van der Waals surface area contributed by atoms with Crippen molar-refractivity contribution in [3.8, 4) is 0 Å². The Labute approximate surface area is 176 Å². The molecule has 162 valence electrons. The molecule has 0 aromatic heterocycles. The first kappa shape index (κ1) is 23.4. The van der Waals surface area contributed by atoms with Crippen molar-refractivity contribution in [1.29, 1.82) is 0 Å². The van der Waals surface area contributed by atoms with Crippen LogP contribution < -0.4 is 10.6 Å². The number of unbranched alkanes of at least 4 members (excludes halogenated alkanes) is 1. The number of nitrogens with one attached hydrogen (secondary N) is 2. The predicted molar refractivity (Wildman–Crippen MR) is 119 cm³/mol. The highest BCUT2D eigenvalue weighted by molar-refractivity contribution is 5.95. The maximum atomic E-state index is 12.2. The van der Waals surface area contributed by atoms with Crippen molar-refractivity contribution in [3.63, 3.8) is 0 Å². The summed E-state index contributed by atoms with van der Waals surface area (Å²) >= 11 is 0. The van der Waals surface area contributed by atoms with Gasteiger partial charge >= 0.3 is 0 Å². The molecule has 0 spiro atoms. The molecule has 0 saturated carbocycles. The van der Waals surface area contributed by atoms with Gasteiger partial charge in [-0.3, -0.25) is 14.5 Å². The molecular weight excluding hydrogens is 364 g/mol. The Morgan fingerprint density at radius 2 is 1.86 bits per heavy atom. The first-order chi connectivity index (χ1) is 14.0. The fourth-order valence-electron chi connectivity index (χ4n) is 3.87. The van der Waals surface area contributed by atoms with E-state index < -0.39 is 0 Å². The van der Waals surface area contributed by atoms with Crippen LogP contribution >= 0.6 is 0 Å². The lowest BCUT2D eigenvalue weighted by Crippen LogP contribution is -2.44. The van der Waals surface area contributed by atoms with E-state index in [2.05, 4.69) is 41.3 Å². The number of para-hydroxylation sites is 1. The Bertz CT molecular complexity index is 642. The topological polar surface area (TPSA) is 64.7 Å². The minimum absolute atomic E-state index is 0.00949. The van der Waals surface area contributed by atoms with E-state index in [-0.39, 0.29) is 18.4 Å². The third-order valence-electron chi connectivity index (χ3n) is 5.66. The van der Waals surface area contributed by atoms with Crippen LogP contribution in [0.4, 0.5) is 5.69 Å². The Morgan fingerprint density at radius 3 is 2.55 bits per heavy atom. The van der Waals surface area contributed by atoms with E-state index in [1.807, 2.05) is 24.3 Å². The zero-order chi connectivity index (χ0) is 21.1. The van der Waals surface area contributed by atoms with Gasteiger partial charge in [-0.05, 0) is 69.9 Å². The number of anilines is 1. The summed E-state index contributed by atoms with van der Waals surface area (Å²) in [4.78, 5) is 29.0. The predicted octanol–water partition coefficient (Wildman–Crippen LogP) is 2.75. The number of carbonyl (C=O) groups is 2. The number of hydrogen-bond acceptors (Lipinski definition) is 4. The molecule has 1 aromatic rings. The molecular formula is C23H38N4O2. The van der Waals surface area contributed by atoms with E-state index in [1.54, 1.807) is 0 Å². The number of benzene rings is 1. The Morgan fingerprint density at radius 1 is 1.14 bits per heavy atom. The highest BCUT2D eigenvalue weighted by Gasteiger charge is 2.22. The van der Waals surface area contributed by atoms with Crippen LogP contribution in [-0.2, 0) is 16.0 Å². The number of nitrogens with zero attached hydrogens (tertiary/aromatic N) is 2. The van der Waals surface area contributed by atoms with Crippen molar-refractivity contribution in [2.75, 3.05) is 51.6 Å². The SMILES string of the molecule is CCCCN(C)CC1CCN(CC(=O)NCC(=O)Nc2ccccc2CC)CC1. The molecule has 0 aliphatic carbocycles. The van der Waals surface area contributed by atoms with Crippen LogP contribution in [-0.4, -0.2) is 67.9 Å². The molecule has 0 radical (unpaired) electrons. The molecule has 2 amide bonds. The third kappa shape index (κ3) is 8.54. The van der Waals surface area contributed by atoms with E-state index in [9.17, 15) is 9.59 Å². The second-order valence-electron chi connectivity index (χ2n) is 8.17. The summed E-state index contributed by atoms with van der Waals surface area (Å²) in [7, 11) is 2.21. The number of amides is 2. The average Bonchev–Trinajstić information content (AvgIpc) is 2.72. The van der Waals surface area contributed by atoms with Crippen molar-refractivity contribution in [2.24, 2.45) is 5.92 Å². The first-order valence-electron chi connectivity index (χ1n) is 11.1. The zero-order valence-corrected chi connectivity index (χ0v) is 18.4. The number of likely N-dealkylation sites (tertiary alicyclic amines) is 1. The monoisotopic (exact) mass is 402 g/mol. The summed E-state index contributed by atoms with van der Waals surface area (Å²) in [5.41, 5.74) is 1.91. The average molecular weight is 403 g/mol. The van der Waals surface area contributed by atoms with Gasteiger partial charge in [0.25, 0.3) is 0 Å². The fourth-order valence-corrected chi connectivity index (χ4v) is 3.87. The molecule has 6 heteroatoms. The number of aryl methyl sites for hydroxylation is 1. The highest BCUT2D eigenvalue weighted by Crippen LogP contribution is 2.18. The lowest BCUT2D eigenvalue weighted by molar-refractivity contribution is -0.125. The van der Waals surface area contributed by atoms with Crippen LogP contribution in [0.2, 0.25) is 0 Å². The molecule has 2 N–H and O–H groups in total. The van der Waals surface area contributed by atoms with Gasteiger partial charge in [-0.15, -0.1) is 0 Å². The van der Waals surface area contributed by atoms with E-state index in [4.69, 9.17) is 0 Å². The molecule has 2 rings (SSSR count). The maximum Gasteiger partial charge on any atom is 0.243 e. The smallest absolute Gasteiger partial charge is 0.243 e. The standard InChI is InChI=1S/C23H38N4O2/c1-4-6-13-26(3)17-19-11-14-27(15-12-19)18-23(29)24-16-22(28)25-21-10-8-7-9-20(21)5-2/h7-10,19H,4-6,11-18H2,1-3H3,(H,24,29)(H,25,28). The summed E-state index contributed by atoms with van der Waals surface area (Å²) in [5.74, 6) is 0.455.